The van der Waals surface area contributed by atoms with E-state index in [0.29, 0.717) is 5.69 Å². The van der Waals surface area contributed by atoms with Crippen molar-refractivity contribution in [2.75, 3.05) is 0 Å². The zero-order valence-corrected chi connectivity index (χ0v) is 10.5. The molecule has 0 radical (unpaired) electrons. The summed E-state index contributed by atoms with van der Waals surface area (Å²) in [6.07, 6.45) is 5.15. The van der Waals surface area contributed by atoms with Crippen LogP contribution in [0.25, 0.3) is 0 Å². The normalized spacial score (nSPS) is 10.8. The Hall–Kier alpha value is -2.89. The third-order valence-corrected chi connectivity index (χ3v) is 3.15. The van der Waals surface area contributed by atoms with E-state index in [9.17, 15) is 10.1 Å². The second-order valence-corrected chi connectivity index (χ2v) is 4.35. The molecule has 0 aliphatic carbocycles. The van der Waals surface area contributed by atoms with Gasteiger partial charge < -0.3 is 9.97 Å². The highest BCUT2D eigenvalue weighted by Crippen LogP contribution is 2.33. The topological polar surface area (TPSA) is 87.6 Å². The second-order valence-electron chi connectivity index (χ2n) is 4.35. The fraction of sp³-hybridized carbons (Fsp3) is 0.0714. The maximum absolute atomic E-state index is 11.2. The molecule has 3 aromatic heterocycles. The molecule has 0 unspecified atom stereocenters. The van der Waals surface area contributed by atoms with Gasteiger partial charge in [0.2, 0.25) is 0 Å². The van der Waals surface area contributed by atoms with Crippen molar-refractivity contribution in [3.63, 3.8) is 0 Å². The summed E-state index contributed by atoms with van der Waals surface area (Å²) in [5.41, 5.74) is 2.15. The van der Waals surface area contributed by atoms with Crippen LogP contribution in [-0.4, -0.2) is 19.9 Å². The fourth-order valence-corrected chi connectivity index (χ4v) is 2.30. The standard InChI is InChI=1S/C14H12N4O2/c19-18(20)12-6-3-9-17-14(12)13(10-4-1-7-15-10)11-5-2-8-16-11/h1-9,13,15-16H. The quantitative estimate of drug-likeness (QED) is 0.563. The van der Waals surface area contributed by atoms with Gasteiger partial charge in [-0.3, -0.25) is 15.1 Å². The molecule has 3 aromatic rings. The van der Waals surface area contributed by atoms with Gasteiger partial charge in [0, 0.05) is 36.0 Å². The molecular weight excluding hydrogens is 256 g/mol. The number of nitro groups is 1. The van der Waals surface area contributed by atoms with Crippen LogP contribution in [-0.2, 0) is 0 Å². The van der Waals surface area contributed by atoms with Crippen molar-refractivity contribution in [2.45, 2.75) is 5.92 Å². The highest BCUT2D eigenvalue weighted by Gasteiger charge is 2.27. The molecule has 0 aliphatic heterocycles. The lowest BCUT2D eigenvalue weighted by molar-refractivity contribution is -0.386. The molecule has 0 aliphatic rings. The van der Waals surface area contributed by atoms with Crippen molar-refractivity contribution in [1.82, 2.24) is 15.0 Å². The molecule has 0 amide bonds. The van der Waals surface area contributed by atoms with E-state index >= 15 is 0 Å². The van der Waals surface area contributed by atoms with Gasteiger partial charge in [-0.25, -0.2) is 0 Å². The lowest BCUT2D eigenvalue weighted by atomic mass is 9.96. The Balaban J connectivity index is 2.19. The van der Waals surface area contributed by atoms with Gasteiger partial charge in [0.05, 0.1) is 10.8 Å². The Kier molecular flexibility index (Phi) is 3.04. The van der Waals surface area contributed by atoms with Gasteiger partial charge in [-0.1, -0.05) is 0 Å². The summed E-state index contributed by atoms with van der Waals surface area (Å²) in [6, 6.07) is 10.6. The minimum Gasteiger partial charge on any atom is -0.364 e. The summed E-state index contributed by atoms with van der Waals surface area (Å²) in [7, 11) is 0. The largest absolute Gasteiger partial charge is 0.364 e. The zero-order chi connectivity index (χ0) is 13.9. The Morgan fingerprint density at radius 1 is 1.05 bits per heavy atom. The number of H-pyrrole nitrogens is 2. The van der Waals surface area contributed by atoms with Crippen LogP contribution in [0.15, 0.2) is 55.0 Å². The SMILES string of the molecule is O=[N+]([O-])c1cccnc1C(c1ccc[nH]1)c1ccc[nH]1. The van der Waals surface area contributed by atoms with Gasteiger partial charge in [0.1, 0.15) is 5.69 Å². The molecule has 3 heterocycles. The number of aromatic nitrogens is 3. The first kappa shape index (κ1) is 12.2. The van der Waals surface area contributed by atoms with Gasteiger partial charge in [0.25, 0.3) is 5.69 Å². The number of hydrogen-bond donors (Lipinski definition) is 2. The van der Waals surface area contributed by atoms with Crippen molar-refractivity contribution in [3.05, 3.63) is 82.2 Å². The van der Waals surface area contributed by atoms with Crippen LogP contribution >= 0.6 is 0 Å². The smallest absolute Gasteiger partial charge is 0.291 e. The molecule has 2 N–H and O–H groups in total. The predicted octanol–water partition coefficient (Wildman–Crippen LogP) is 2.83. The average Bonchev–Trinajstić information content (AvgIpc) is 3.13. The molecule has 0 fully saturated rings. The van der Waals surface area contributed by atoms with Crippen molar-refractivity contribution < 1.29 is 4.92 Å². The molecule has 0 atom stereocenters. The molecule has 0 saturated carbocycles. The monoisotopic (exact) mass is 268 g/mol. The Morgan fingerprint density at radius 2 is 1.70 bits per heavy atom. The first-order valence-corrected chi connectivity index (χ1v) is 6.13. The van der Waals surface area contributed by atoms with E-state index in [0.717, 1.165) is 11.4 Å². The van der Waals surface area contributed by atoms with E-state index in [1.54, 1.807) is 24.7 Å². The number of nitrogens with one attached hydrogen (secondary N) is 2. The first-order valence-electron chi connectivity index (χ1n) is 6.13. The number of hydrogen-bond acceptors (Lipinski definition) is 3. The maximum Gasteiger partial charge on any atom is 0.291 e. The van der Waals surface area contributed by atoms with Gasteiger partial charge in [-0.15, -0.1) is 0 Å². The van der Waals surface area contributed by atoms with Gasteiger partial charge in [-0.05, 0) is 30.3 Å². The third kappa shape index (κ3) is 2.07. The number of aromatic amines is 2. The van der Waals surface area contributed by atoms with Crippen LogP contribution in [0.4, 0.5) is 5.69 Å². The lowest BCUT2D eigenvalue weighted by Crippen LogP contribution is -2.09. The van der Waals surface area contributed by atoms with E-state index in [-0.39, 0.29) is 11.6 Å². The predicted molar refractivity (Wildman–Crippen MR) is 73.4 cm³/mol. The van der Waals surface area contributed by atoms with E-state index < -0.39 is 4.92 Å². The molecule has 6 nitrogen and oxygen atoms in total. The van der Waals surface area contributed by atoms with Crippen LogP contribution in [0.1, 0.15) is 23.0 Å². The second kappa shape index (κ2) is 5.00. The number of rotatable bonds is 4. The minimum absolute atomic E-state index is 0.0155. The Labute approximate surface area is 114 Å². The van der Waals surface area contributed by atoms with Crippen LogP contribution in [0.2, 0.25) is 0 Å². The highest BCUT2D eigenvalue weighted by atomic mass is 16.6. The third-order valence-electron chi connectivity index (χ3n) is 3.15. The van der Waals surface area contributed by atoms with Crippen LogP contribution in [0, 0.1) is 10.1 Å². The summed E-state index contributed by atoms with van der Waals surface area (Å²) in [5, 5.41) is 11.2. The van der Waals surface area contributed by atoms with Crippen molar-refractivity contribution in [2.24, 2.45) is 0 Å². The maximum atomic E-state index is 11.2. The fourth-order valence-electron chi connectivity index (χ4n) is 2.30. The van der Waals surface area contributed by atoms with E-state index in [1.807, 2.05) is 24.3 Å². The molecule has 0 aromatic carbocycles. The number of nitrogens with zero attached hydrogens (tertiary/aromatic N) is 2. The average molecular weight is 268 g/mol. The lowest BCUT2D eigenvalue weighted by Gasteiger charge is -2.14. The van der Waals surface area contributed by atoms with Crippen molar-refractivity contribution >= 4 is 5.69 Å². The van der Waals surface area contributed by atoms with E-state index in [1.165, 1.54) is 6.07 Å². The molecule has 0 spiro atoms. The minimum atomic E-state index is -0.402. The molecule has 0 bridgehead atoms. The summed E-state index contributed by atoms with van der Waals surface area (Å²) >= 11 is 0. The zero-order valence-electron chi connectivity index (χ0n) is 10.5. The van der Waals surface area contributed by atoms with Gasteiger partial charge in [0.15, 0.2) is 0 Å². The van der Waals surface area contributed by atoms with Gasteiger partial charge >= 0.3 is 0 Å². The summed E-state index contributed by atoms with van der Waals surface area (Å²) in [6.45, 7) is 0. The summed E-state index contributed by atoms with van der Waals surface area (Å²) in [5.74, 6) is -0.318. The summed E-state index contributed by atoms with van der Waals surface area (Å²) in [4.78, 5) is 21.3. The van der Waals surface area contributed by atoms with Crippen molar-refractivity contribution in [3.8, 4) is 0 Å². The molecular formula is C14H12N4O2. The molecule has 100 valence electrons. The van der Waals surface area contributed by atoms with Crippen molar-refractivity contribution in [1.29, 1.82) is 0 Å². The Bertz CT molecular complexity index is 670. The molecule has 6 heteroatoms. The molecule has 0 saturated heterocycles. The highest BCUT2D eigenvalue weighted by molar-refractivity contribution is 5.45. The van der Waals surface area contributed by atoms with E-state index in [2.05, 4.69) is 15.0 Å². The van der Waals surface area contributed by atoms with Crippen LogP contribution in [0.3, 0.4) is 0 Å². The molecule has 20 heavy (non-hydrogen) atoms. The van der Waals surface area contributed by atoms with Gasteiger partial charge in [-0.2, -0.15) is 0 Å². The summed E-state index contributed by atoms with van der Waals surface area (Å²) < 4.78 is 0. The van der Waals surface area contributed by atoms with Crippen LogP contribution in [0.5, 0.6) is 0 Å². The first-order chi connectivity index (χ1) is 9.77. The Morgan fingerprint density at radius 3 is 2.20 bits per heavy atom. The van der Waals surface area contributed by atoms with E-state index in [4.69, 9.17) is 0 Å². The van der Waals surface area contributed by atoms with Crippen LogP contribution < -0.4 is 0 Å². The molecule has 3 rings (SSSR count). The number of pyridine rings is 1.